The topological polar surface area (TPSA) is 101 Å². The molecule has 1 amide bonds. The van der Waals surface area contributed by atoms with Crippen LogP contribution in [0.2, 0.25) is 0 Å². The quantitative estimate of drug-likeness (QED) is 0.461. The Bertz CT molecular complexity index is 1350. The summed E-state index contributed by atoms with van der Waals surface area (Å²) in [5, 5.41) is 2.85. The van der Waals surface area contributed by atoms with Crippen molar-refractivity contribution < 1.29 is 13.2 Å². The lowest BCUT2D eigenvalue weighted by Crippen LogP contribution is -2.37. The summed E-state index contributed by atoms with van der Waals surface area (Å²) < 4.78 is 37.2. The van der Waals surface area contributed by atoms with Crippen LogP contribution in [-0.2, 0) is 14.8 Å². The fourth-order valence-electron chi connectivity index (χ4n) is 3.29. The maximum absolute atomic E-state index is 13.2. The average Bonchev–Trinajstić information content (AvgIpc) is 3.23. The first-order chi connectivity index (χ1) is 14.8. The van der Waals surface area contributed by atoms with Crippen molar-refractivity contribution in [3.05, 3.63) is 83.4 Å². The molecule has 0 saturated carbocycles. The number of carbonyl (C=O) groups excluding carboxylic acids is 1. The zero-order valence-electron chi connectivity index (χ0n) is 16.9. The third kappa shape index (κ3) is 4.48. The number of hydrogen-bond acceptors (Lipinski definition) is 6. The van der Waals surface area contributed by atoms with Gasteiger partial charge in [-0.3, -0.25) is 4.79 Å². The number of nitrogens with zero attached hydrogens (tertiary/aromatic N) is 2. The average molecular weight is 453 g/mol. The van der Waals surface area contributed by atoms with Crippen LogP contribution in [0.3, 0.4) is 0 Å². The van der Waals surface area contributed by atoms with Crippen molar-refractivity contribution in [1.29, 1.82) is 0 Å². The summed E-state index contributed by atoms with van der Waals surface area (Å²) in [7, 11) is -4.06. The molecule has 31 heavy (non-hydrogen) atoms. The molecule has 0 bridgehead atoms. The summed E-state index contributed by atoms with van der Waals surface area (Å²) in [6.07, 6.45) is 0. The zero-order chi connectivity index (χ0) is 22.0. The fourth-order valence-corrected chi connectivity index (χ4v) is 5.24. The molecule has 1 unspecified atom stereocenters. The van der Waals surface area contributed by atoms with E-state index in [-0.39, 0.29) is 10.4 Å². The van der Waals surface area contributed by atoms with Gasteiger partial charge < -0.3 is 5.32 Å². The van der Waals surface area contributed by atoms with Gasteiger partial charge in [-0.1, -0.05) is 54.1 Å². The van der Waals surface area contributed by atoms with Crippen molar-refractivity contribution in [2.24, 2.45) is 0 Å². The number of rotatable bonds is 6. The first-order valence-electron chi connectivity index (χ1n) is 9.52. The molecule has 1 aromatic heterocycles. The number of nitrogens with one attached hydrogen (secondary N) is 2. The number of carbonyl (C=O) groups is 1. The van der Waals surface area contributed by atoms with E-state index < -0.39 is 22.0 Å². The molecule has 1 heterocycles. The molecule has 0 aliphatic heterocycles. The van der Waals surface area contributed by atoms with E-state index in [4.69, 9.17) is 0 Å². The number of aromatic nitrogens is 2. The standard InChI is InChI=1S/C22H20N4O3S2/c1-14-11-12-17(15(2)13-14)23-22(27)20(16-7-4-3-5-8-16)26-31(28,29)19-10-6-9-18-21(19)25-30-24-18/h3-13,20,26H,1-2H3,(H,23,27). The maximum atomic E-state index is 13.2. The Kier molecular flexibility index (Phi) is 5.81. The zero-order valence-corrected chi connectivity index (χ0v) is 18.5. The second kappa shape index (κ2) is 8.54. The molecule has 1 atom stereocenters. The van der Waals surface area contributed by atoms with Gasteiger partial charge in [0.1, 0.15) is 22.0 Å². The van der Waals surface area contributed by atoms with Crippen LogP contribution in [-0.4, -0.2) is 23.1 Å². The van der Waals surface area contributed by atoms with Gasteiger partial charge in [0.05, 0.1) is 11.7 Å². The molecule has 0 aliphatic rings. The molecule has 0 aliphatic carbocycles. The van der Waals surface area contributed by atoms with Crippen molar-refractivity contribution in [3.63, 3.8) is 0 Å². The smallest absolute Gasteiger partial charge is 0.247 e. The third-order valence-electron chi connectivity index (χ3n) is 4.85. The van der Waals surface area contributed by atoms with Gasteiger partial charge in [-0.05, 0) is 43.2 Å². The molecule has 0 spiro atoms. The van der Waals surface area contributed by atoms with Gasteiger partial charge in [-0.2, -0.15) is 13.5 Å². The van der Waals surface area contributed by atoms with Crippen LogP contribution >= 0.6 is 11.7 Å². The summed E-state index contributed by atoms with van der Waals surface area (Å²) >= 11 is 0.938. The summed E-state index contributed by atoms with van der Waals surface area (Å²) in [6, 6.07) is 18.0. The van der Waals surface area contributed by atoms with E-state index in [1.54, 1.807) is 48.5 Å². The van der Waals surface area contributed by atoms with Gasteiger partial charge in [0.25, 0.3) is 0 Å². The molecule has 158 valence electrons. The Labute approximate surface area is 184 Å². The molecule has 0 fully saturated rings. The van der Waals surface area contributed by atoms with Crippen LogP contribution in [0.25, 0.3) is 11.0 Å². The number of amides is 1. The van der Waals surface area contributed by atoms with E-state index >= 15 is 0 Å². The largest absolute Gasteiger partial charge is 0.324 e. The molecule has 0 saturated heterocycles. The molecular formula is C22H20N4O3S2. The number of fused-ring (bicyclic) bond motifs is 1. The lowest BCUT2D eigenvalue weighted by molar-refractivity contribution is -0.117. The Morgan fingerprint density at radius 2 is 1.74 bits per heavy atom. The van der Waals surface area contributed by atoms with Crippen LogP contribution < -0.4 is 10.0 Å². The minimum absolute atomic E-state index is 0.0148. The highest BCUT2D eigenvalue weighted by molar-refractivity contribution is 7.89. The first-order valence-corrected chi connectivity index (χ1v) is 11.7. The van der Waals surface area contributed by atoms with Gasteiger partial charge in [0.2, 0.25) is 15.9 Å². The Morgan fingerprint density at radius 1 is 0.968 bits per heavy atom. The summed E-state index contributed by atoms with van der Waals surface area (Å²) in [6.45, 7) is 3.85. The lowest BCUT2D eigenvalue weighted by atomic mass is 10.1. The van der Waals surface area contributed by atoms with E-state index in [0.717, 1.165) is 22.9 Å². The minimum Gasteiger partial charge on any atom is -0.324 e. The molecule has 9 heteroatoms. The van der Waals surface area contributed by atoms with Gasteiger partial charge in [-0.15, -0.1) is 0 Å². The van der Waals surface area contributed by atoms with Gasteiger partial charge in [-0.25, -0.2) is 8.42 Å². The second-order valence-electron chi connectivity index (χ2n) is 7.16. The van der Waals surface area contributed by atoms with Crippen LogP contribution in [0.5, 0.6) is 0 Å². The van der Waals surface area contributed by atoms with E-state index in [9.17, 15) is 13.2 Å². The summed E-state index contributed by atoms with van der Waals surface area (Å²) in [5.41, 5.74) is 3.88. The predicted molar refractivity (Wildman–Crippen MR) is 121 cm³/mol. The maximum Gasteiger partial charge on any atom is 0.247 e. The van der Waals surface area contributed by atoms with E-state index in [1.165, 1.54) is 6.07 Å². The molecular weight excluding hydrogens is 432 g/mol. The summed E-state index contributed by atoms with van der Waals surface area (Å²) in [5.74, 6) is -0.481. The fraction of sp³-hybridized carbons (Fsp3) is 0.136. The first kappa shape index (κ1) is 21.1. The highest BCUT2D eigenvalue weighted by Gasteiger charge is 2.29. The van der Waals surface area contributed by atoms with Crippen LogP contribution in [0, 0.1) is 13.8 Å². The Hall–Kier alpha value is -3.14. The van der Waals surface area contributed by atoms with E-state index in [2.05, 4.69) is 18.8 Å². The summed E-state index contributed by atoms with van der Waals surface area (Å²) in [4.78, 5) is 13.2. The lowest BCUT2D eigenvalue weighted by Gasteiger charge is -2.20. The molecule has 0 radical (unpaired) electrons. The van der Waals surface area contributed by atoms with Gasteiger partial charge in [0, 0.05) is 5.69 Å². The third-order valence-corrected chi connectivity index (χ3v) is 6.84. The van der Waals surface area contributed by atoms with E-state index in [1.807, 2.05) is 26.0 Å². The molecule has 2 N–H and O–H groups in total. The van der Waals surface area contributed by atoms with Crippen LogP contribution in [0.15, 0.2) is 71.6 Å². The Balaban J connectivity index is 1.70. The van der Waals surface area contributed by atoms with Crippen LogP contribution in [0.1, 0.15) is 22.7 Å². The molecule has 3 aromatic carbocycles. The SMILES string of the molecule is Cc1ccc(NC(=O)C(NS(=O)(=O)c2cccc3nsnc23)c2ccccc2)c(C)c1. The van der Waals surface area contributed by atoms with Crippen molar-refractivity contribution >= 4 is 44.4 Å². The highest BCUT2D eigenvalue weighted by Crippen LogP contribution is 2.25. The number of aryl methyl sites for hydroxylation is 2. The highest BCUT2D eigenvalue weighted by atomic mass is 32.2. The molecule has 4 rings (SSSR count). The predicted octanol–water partition coefficient (Wildman–Crippen LogP) is 3.97. The number of hydrogen-bond donors (Lipinski definition) is 2. The Morgan fingerprint density at radius 3 is 2.48 bits per heavy atom. The van der Waals surface area contributed by atoms with Gasteiger partial charge >= 0.3 is 0 Å². The number of benzene rings is 3. The van der Waals surface area contributed by atoms with Crippen molar-refractivity contribution in [1.82, 2.24) is 13.5 Å². The van der Waals surface area contributed by atoms with E-state index in [0.29, 0.717) is 16.8 Å². The number of anilines is 1. The monoisotopic (exact) mass is 452 g/mol. The van der Waals surface area contributed by atoms with Gasteiger partial charge in [0.15, 0.2) is 0 Å². The normalized spacial score (nSPS) is 12.6. The minimum atomic E-state index is -4.06. The number of sulfonamides is 1. The molecule has 4 aromatic rings. The van der Waals surface area contributed by atoms with Crippen molar-refractivity contribution in [3.8, 4) is 0 Å². The molecule has 7 nitrogen and oxygen atoms in total. The van der Waals surface area contributed by atoms with Crippen LogP contribution in [0.4, 0.5) is 5.69 Å². The van der Waals surface area contributed by atoms with Crippen molar-refractivity contribution in [2.45, 2.75) is 24.8 Å². The van der Waals surface area contributed by atoms with Crippen molar-refractivity contribution in [2.75, 3.05) is 5.32 Å². The second-order valence-corrected chi connectivity index (χ2v) is 9.37.